The van der Waals surface area contributed by atoms with Crippen LogP contribution in [0.25, 0.3) is 0 Å². The highest BCUT2D eigenvalue weighted by atomic mass is 16.5. The highest BCUT2D eigenvalue weighted by molar-refractivity contribution is 5.90. The Bertz CT molecular complexity index is 232. The number of hydrogen-bond acceptors (Lipinski definition) is 4. The highest BCUT2D eigenvalue weighted by Crippen LogP contribution is 2.28. The van der Waals surface area contributed by atoms with E-state index in [0.717, 1.165) is 25.1 Å². The Hall–Kier alpha value is -0.650. The van der Waals surface area contributed by atoms with E-state index in [1.165, 1.54) is 0 Å². The monoisotopic (exact) mass is 199 g/mol. The van der Waals surface area contributed by atoms with Crippen molar-refractivity contribution in [3.8, 4) is 0 Å². The smallest absolute Gasteiger partial charge is 0.151 e. The van der Waals surface area contributed by atoms with Crippen LogP contribution in [0.5, 0.6) is 0 Å². The molecule has 0 bridgehead atoms. The van der Waals surface area contributed by atoms with Crippen molar-refractivity contribution in [2.45, 2.75) is 30.9 Å². The fourth-order valence-electron chi connectivity index (χ4n) is 1.66. The van der Waals surface area contributed by atoms with Gasteiger partial charge in [-0.25, -0.2) is 5.84 Å². The van der Waals surface area contributed by atoms with E-state index >= 15 is 0 Å². The molecule has 2 rings (SSSR count). The van der Waals surface area contributed by atoms with Crippen LogP contribution in [-0.2, 0) is 9.47 Å². The van der Waals surface area contributed by atoms with Crippen LogP contribution in [0.3, 0.4) is 0 Å². The molecule has 1 saturated heterocycles. The van der Waals surface area contributed by atoms with E-state index in [-0.39, 0.29) is 0 Å². The summed E-state index contributed by atoms with van der Waals surface area (Å²) in [5.74, 6) is 6.21. The number of rotatable bonds is 3. The lowest BCUT2D eigenvalue weighted by atomic mass is 10.0. The Morgan fingerprint density at radius 3 is 2.86 bits per heavy atom. The van der Waals surface area contributed by atoms with Gasteiger partial charge in [0.05, 0.1) is 19.3 Å². The van der Waals surface area contributed by atoms with E-state index in [2.05, 4.69) is 10.4 Å². The Labute approximate surface area is 83.6 Å². The molecule has 0 aromatic heterocycles. The topological polar surface area (TPSA) is 68.9 Å². The second kappa shape index (κ2) is 3.84. The molecule has 1 atom stereocenters. The lowest BCUT2D eigenvalue weighted by Crippen LogP contribution is -2.51. The average Bonchev–Trinajstić information content (AvgIpc) is 2.91. The molecule has 0 amide bonds. The van der Waals surface area contributed by atoms with E-state index in [1.807, 2.05) is 0 Å². The first kappa shape index (κ1) is 9.89. The van der Waals surface area contributed by atoms with E-state index in [9.17, 15) is 0 Å². The number of hydrazine groups is 1. The predicted octanol–water partition coefficient (Wildman–Crippen LogP) is -0.184. The van der Waals surface area contributed by atoms with Gasteiger partial charge in [0.2, 0.25) is 0 Å². The maximum absolute atomic E-state index is 5.48. The number of hydrogen-bond donors (Lipinski definition) is 2. The first-order chi connectivity index (χ1) is 6.80. The van der Waals surface area contributed by atoms with Gasteiger partial charge < -0.3 is 14.9 Å². The first-order valence-corrected chi connectivity index (χ1v) is 4.98. The fraction of sp³-hybridized carbons (Fsp3) is 0.889. The van der Waals surface area contributed by atoms with Gasteiger partial charge in [-0.3, -0.25) is 4.99 Å². The van der Waals surface area contributed by atoms with Gasteiger partial charge in [-0.2, -0.15) is 0 Å². The molecular weight excluding hydrogens is 182 g/mol. The molecular formula is C9H17N3O2. The molecule has 3 N–H and O–H groups in total. The molecule has 1 aliphatic carbocycles. The van der Waals surface area contributed by atoms with Crippen molar-refractivity contribution in [2.75, 3.05) is 20.3 Å². The Morgan fingerprint density at radius 1 is 1.64 bits per heavy atom. The van der Waals surface area contributed by atoms with E-state index < -0.39 is 5.60 Å². The van der Waals surface area contributed by atoms with Gasteiger partial charge in [-0.15, -0.1) is 0 Å². The van der Waals surface area contributed by atoms with E-state index in [1.54, 1.807) is 7.11 Å². The van der Waals surface area contributed by atoms with Crippen molar-refractivity contribution in [1.82, 2.24) is 5.43 Å². The summed E-state index contributed by atoms with van der Waals surface area (Å²) < 4.78 is 10.8. The molecule has 0 aromatic carbocycles. The normalized spacial score (nSPS) is 33.4. The SMILES string of the molecule is COC1(C(=NC2CC2)NN)CCOC1. The minimum absolute atomic E-state index is 0.433. The van der Waals surface area contributed by atoms with Crippen molar-refractivity contribution in [3.05, 3.63) is 0 Å². The Morgan fingerprint density at radius 2 is 2.43 bits per heavy atom. The minimum atomic E-state index is -0.433. The van der Waals surface area contributed by atoms with Gasteiger partial charge in [0.1, 0.15) is 5.84 Å². The van der Waals surface area contributed by atoms with Gasteiger partial charge in [0.15, 0.2) is 5.60 Å². The Kier molecular flexibility index (Phi) is 2.71. The lowest BCUT2D eigenvalue weighted by Gasteiger charge is -2.27. The molecule has 14 heavy (non-hydrogen) atoms. The van der Waals surface area contributed by atoms with Crippen LogP contribution in [0, 0.1) is 0 Å². The number of aliphatic imine (C=N–C) groups is 1. The number of methoxy groups -OCH3 is 1. The molecule has 5 heteroatoms. The number of nitrogens with two attached hydrogens (primary N) is 1. The van der Waals surface area contributed by atoms with Gasteiger partial charge >= 0.3 is 0 Å². The summed E-state index contributed by atoms with van der Waals surface area (Å²) in [6, 6.07) is 0.439. The lowest BCUT2D eigenvalue weighted by molar-refractivity contribution is 0.0346. The molecule has 0 spiro atoms. The molecule has 1 unspecified atom stereocenters. The molecule has 2 aliphatic rings. The van der Waals surface area contributed by atoms with E-state index in [4.69, 9.17) is 15.3 Å². The quantitative estimate of drug-likeness (QED) is 0.286. The van der Waals surface area contributed by atoms with Crippen LogP contribution < -0.4 is 11.3 Å². The molecule has 1 heterocycles. The summed E-state index contributed by atoms with van der Waals surface area (Å²) in [7, 11) is 1.68. The van der Waals surface area contributed by atoms with Crippen LogP contribution in [0.15, 0.2) is 4.99 Å². The molecule has 0 radical (unpaired) electrons. The van der Waals surface area contributed by atoms with Crippen LogP contribution in [0.4, 0.5) is 0 Å². The van der Waals surface area contributed by atoms with Crippen LogP contribution in [0.2, 0.25) is 0 Å². The number of nitrogens with one attached hydrogen (secondary N) is 1. The maximum Gasteiger partial charge on any atom is 0.151 e. The van der Waals surface area contributed by atoms with Gasteiger partial charge in [-0.1, -0.05) is 0 Å². The average molecular weight is 199 g/mol. The summed E-state index contributed by atoms with van der Waals surface area (Å²) in [4.78, 5) is 4.51. The zero-order valence-electron chi connectivity index (χ0n) is 8.45. The number of ether oxygens (including phenoxy) is 2. The van der Waals surface area contributed by atoms with Crippen molar-refractivity contribution < 1.29 is 9.47 Å². The molecule has 1 saturated carbocycles. The molecule has 80 valence electrons. The standard InChI is InChI=1S/C9H17N3O2/c1-13-9(4-5-14-6-9)8(12-10)11-7-2-3-7/h7H,2-6,10H2,1H3,(H,11,12). The third-order valence-corrected chi connectivity index (χ3v) is 2.80. The molecule has 2 fully saturated rings. The summed E-state index contributed by atoms with van der Waals surface area (Å²) >= 11 is 0. The minimum Gasteiger partial charge on any atom is -0.378 e. The second-order valence-electron chi connectivity index (χ2n) is 3.85. The van der Waals surface area contributed by atoms with Gasteiger partial charge in [0, 0.05) is 13.5 Å². The van der Waals surface area contributed by atoms with Crippen molar-refractivity contribution in [1.29, 1.82) is 0 Å². The van der Waals surface area contributed by atoms with E-state index in [0.29, 0.717) is 19.3 Å². The highest BCUT2D eigenvalue weighted by Gasteiger charge is 2.41. The second-order valence-corrected chi connectivity index (χ2v) is 3.85. The number of nitrogens with zero attached hydrogens (tertiary/aromatic N) is 1. The predicted molar refractivity (Wildman–Crippen MR) is 53.0 cm³/mol. The van der Waals surface area contributed by atoms with Crippen molar-refractivity contribution in [3.63, 3.8) is 0 Å². The van der Waals surface area contributed by atoms with Crippen molar-refractivity contribution >= 4 is 5.84 Å². The van der Waals surface area contributed by atoms with Gasteiger partial charge in [0.25, 0.3) is 0 Å². The molecule has 1 aliphatic heterocycles. The van der Waals surface area contributed by atoms with Gasteiger partial charge in [-0.05, 0) is 12.8 Å². The third-order valence-electron chi connectivity index (χ3n) is 2.80. The maximum atomic E-state index is 5.48. The number of amidine groups is 1. The summed E-state index contributed by atoms with van der Waals surface area (Å²) in [5.41, 5.74) is 2.22. The summed E-state index contributed by atoms with van der Waals surface area (Å²) in [5, 5.41) is 0. The molecule has 0 aromatic rings. The zero-order chi connectivity index (χ0) is 10.0. The fourth-order valence-corrected chi connectivity index (χ4v) is 1.66. The molecule has 5 nitrogen and oxygen atoms in total. The third kappa shape index (κ3) is 1.75. The first-order valence-electron chi connectivity index (χ1n) is 4.98. The Balaban J connectivity index is 2.14. The van der Waals surface area contributed by atoms with Crippen LogP contribution in [-0.4, -0.2) is 37.8 Å². The van der Waals surface area contributed by atoms with Crippen molar-refractivity contribution in [2.24, 2.45) is 10.8 Å². The van der Waals surface area contributed by atoms with Crippen LogP contribution >= 0.6 is 0 Å². The largest absolute Gasteiger partial charge is 0.378 e. The summed E-state index contributed by atoms with van der Waals surface area (Å²) in [6.07, 6.45) is 3.14. The van der Waals surface area contributed by atoms with Crippen LogP contribution in [0.1, 0.15) is 19.3 Å². The summed E-state index contributed by atoms with van der Waals surface area (Å²) in [6.45, 7) is 1.25. The zero-order valence-corrected chi connectivity index (χ0v) is 8.45.